The van der Waals surface area contributed by atoms with Crippen LogP contribution in [0.4, 0.5) is 0 Å². The standard InChI is InChI=1S/2C17H32O2.Zn/c2*1-2-3-4-5-6-7-8-9-10-11-12-13-14-15-16-17(18)19;/h2*4-5H,2-3,6-16H2,1H3,(H,18,19);/q;;+2/p-2. The molecule has 0 heterocycles. The van der Waals surface area contributed by atoms with Gasteiger partial charge in [0.2, 0.25) is 0 Å². The van der Waals surface area contributed by atoms with E-state index in [1.807, 2.05) is 0 Å². The molecular weight excluding hydrogens is 538 g/mol. The maximum absolute atomic E-state index is 10.2. The third kappa shape index (κ3) is 47.2. The first-order valence-electron chi connectivity index (χ1n) is 16.2. The number of hydrogen-bond donors (Lipinski definition) is 0. The molecule has 0 spiro atoms. The van der Waals surface area contributed by atoms with Gasteiger partial charge in [-0.3, -0.25) is 0 Å². The number of rotatable bonds is 28. The predicted octanol–water partition coefficient (Wildman–Crippen LogP) is 8.76. The van der Waals surface area contributed by atoms with Crippen molar-refractivity contribution >= 4 is 11.9 Å². The van der Waals surface area contributed by atoms with Crippen LogP contribution in [0.15, 0.2) is 24.3 Å². The molecule has 0 aromatic heterocycles. The van der Waals surface area contributed by atoms with Crippen molar-refractivity contribution in [3.05, 3.63) is 24.3 Å². The van der Waals surface area contributed by atoms with Gasteiger partial charge in [0.15, 0.2) is 0 Å². The zero-order chi connectivity index (χ0) is 28.4. The molecular formula is C34H62O4Zn. The Bertz CT molecular complexity index is 497. The van der Waals surface area contributed by atoms with E-state index in [-0.39, 0.29) is 32.3 Å². The smallest absolute Gasteiger partial charge is 0.550 e. The third-order valence-corrected chi connectivity index (χ3v) is 6.75. The van der Waals surface area contributed by atoms with Gasteiger partial charge in [0.25, 0.3) is 0 Å². The number of carboxylic acids is 2. The zero-order valence-corrected chi connectivity index (χ0v) is 29.0. The van der Waals surface area contributed by atoms with Crippen LogP contribution in [0, 0.1) is 0 Å². The number of aliphatic carboxylic acids is 2. The number of carbonyl (C=O) groups is 2. The van der Waals surface area contributed by atoms with Crippen LogP contribution in [-0.4, -0.2) is 11.9 Å². The fourth-order valence-electron chi connectivity index (χ4n) is 4.34. The van der Waals surface area contributed by atoms with Crippen molar-refractivity contribution in [3.8, 4) is 0 Å². The molecule has 0 amide bonds. The Balaban J connectivity index is -0.000000648. The minimum absolute atomic E-state index is 0. The molecule has 0 aliphatic rings. The van der Waals surface area contributed by atoms with E-state index in [0.29, 0.717) is 0 Å². The number of allylic oxidation sites excluding steroid dienone is 4. The number of carboxylic acid groups (broad SMARTS) is 2. The van der Waals surface area contributed by atoms with Crippen molar-refractivity contribution in [1.82, 2.24) is 0 Å². The first kappa shape index (κ1) is 42.5. The van der Waals surface area contributed by atoms with E-state index >= 15 is 0 Å². The van der Waals surface area contributed by atoms with Gasteiger partial charge in [-0.2, -0.15) is 0 Å². The number of carbonyl (C=O) groups excluding carboxylic acids is 2. The molecule has 0 saturated heterocycles. The Morgan fingerprint density at radius 2 is 0.641 bits per heavy atom. The van der Waals surface area contributed by atoms with Gasteiger partial charge in [-0.15, -0.1) is 0 Å². The second-order valence-electron chi connectivity index (χ2n) is 10.7. The average Bonchev–Trinajstić information content (AvgIpc) is 2.89. The number of unbranched alkanes of at least 4 members (excludes halogenated alkanes) is 20. The summed E-state index contributed by atoms with van der Waals surface area (Å²) in [6, 6.07) is 0. The van der Waals surface area contributed by atoms with Crippen LogP contribution in [0.3, 0.4) is 0 Å². The van der Waals surface area contributed by atoms with Crippen LogP contribution in [0.5, 0.6) is 0 Å². The Hall–Kier alpha value is -0.957. The van der Waals surface area contributed by atoms with E-state index in [1.165, 1.54) is 128 Å². The number of hydrogen-bond acceptors (Lipinski definition) is 4. The molecule has 0 aliphatic carbocycles. The summed E-state index contributed by atoms with van der Waals surface area (Å²) in [5.41, 5.74) is 0. The van der Waals surface area contributed by atoms with Crippen molar-refractivity contribution in [3.63, 3.8) is 0 Å². The zero-order valence-electron chi connectivity index (χ0n) is 26.0. The third-order valence-electron chi connectivity index (χ3n) is 6.75. The maximum atomic E-state index is 10.2. The van der Waals surface area contributed by atoms with E-state index in [9.17, 15) is 19.8 Å². The second-order valence-corrected chi connectivity index (χ2v) is 10.7. The first-order chi connectivity index (χ1) is 18.5. The van der Waals surface area contributed by atoms with Gasteiger partial charge in [-0.1, -0.05) is 141 Å². The normalized spacial score (nSPS) is 10.9. The van der Waals surface area contributed by atoms with E-state index in [1.54, 1.807) is 0 Å². The Kier molecular flexibility index (Phi) is 42.7. The van der Waals surface area contributed by atoms with Gasteiger partial charge in [-0.05, 0) is 64.2 Å². The van der Waals surface area contributed by atoms with Gasteiger partial charge >= 0.3 is 19.5 Å². The summed E-state index contributed by atoms with van der Waals surface area (Å²) in [7, 11) is 0. The Morgan fingerprint density at radius 1 is 0.410 bits per heavy atom. The molecule has 0 rings (SSSR count). The average molecular weight is 600 g/mol. The molecule has 0 N–H and O–H groups in total. The SMILES string of the molecule is CCCC=CCCCCCCCCCCCC(=O)[O-].CCCC=CCCCCCCCCCCCC(=O)[O-].[Zn+2]. The van der Waals surface area contributed by atoms with E-state index in [2.05, 4.69) is 38.2 Å². The molecule has 0 aliphatic heterocycles. The maximum Gasteiger partial charge on any atom is 2.00 e. The van der Waals surface area contributed by atoms with Crippen LogP contribution in [-0.2, 0) is 29.1 Å². The molecule has 0 aromatic carbocycles. The molecule has 0 fully saturated rings. The molecule has 0 bridgehead atoms. The van der Waals surface area contributed by atoms with Gasteiger partial charge in [0, 0.05) is 11.9 Å². The Labute approximate surface area is 255 Å². The molecule has 0 radical (unpaired) electrons. The minimum Gasteiger partial charge on any atom is -0.550 e. The van der Waals surface area contributed by atoms with Gasteiger partial charge < -0.3 is 19.8 Å². The van der Waals surface area contributed by atoms with Crippen molar-refractivity contribution in [2.75, 3.05) is 0 Å². The van der Waals surface area contributed by atoms with Crippen molar-refractivity contribution < 1.29 is 39.3 Å². The molecule has 5 heteroatoms. The van der Waals surface area contributed by atoms with Crippen molar-refractivity contribution in [2.45, 2.75) is 181 Å². The van der Waals surface area contributed by atoms with Crippen LogP contribution in [0.1, 0.15) is 181 Å². The van der Waals surface area contributed by atoms with E-state index < -0.39 is 11.9 Å². The minimum atomic E-state index is -0.909. The van der Waals surface area contributed by atoms with Crippen molar-refractivity contribution in [2.24, 2.45) is 0 Å². The Morgan fingerprint density at radius 3 is 0.897 bits per heavy atom. The summed E-state index contributed by atoms with van der Waals surface area (Å²) in [5.74, 6) is -1.82. The van der Waals surface area contributed by atoms with E-state index in [4.69, 9.17) is 0 Å². The van der Waals surface area contributed by atoms with Gasteiger partial charge in [-0.25, -0.2) is 0 Å². The monoisotopic (exact) mass is 598 g/mol. The molecule has 0 unspecified atom stereocenters. The molecule has 0 aromatic rings. The van der Waals surface area contributed by atoms with Crippen LogP contribution >= 0.6 is 0 Å². The largest absolute Gasteiger partial charge is 2.00 e. The topological polar surface area (TPSA) is 80.3 Å². The summed E-state index contributed by atoms with van der Waals surface area (Å²) in [6.07, 6.45) is 38.9. The van der Waals surface area contributed by atoms with Gasteiger partial charge in [0.05, 0.1) is 0 Å². The molecule has 0 saturated carbocycles. The van der Waals surface area contributed by atoms with Crippen LogP contribution < -0.4 is 10.2 Å². The quantitative estimate of drug-likeness (QED) is 0.0511. The summed E-state index contributed by atoms with van der Waals surface area (Å²) < 4.78 is 0. The molecule has 224 valence electrons. The summed E-state index contributed by atoms with van der Waals surface area (Å²) in [4.78, 5) is 20.4. The fourth-order valence-corrected chi connectivity index (χ4v) is 4.34. The van der Waals surface area contributed by atoms with E-state index in [0.717, 1.165) is 25.7 Å². The van der Waals surface area contributed by atoms with Crippen LogP contribution in [0.25, 0.3) is 0 Å². The molecule has 39 heavy (non-hydrogen) atoms. The molecule has 4 nitrogen and oxygen atoms in total. The van der Waals surface area contributed by atoms with Crippen molar-refractivity contribution in [1.29, 1.82) is 0 Å². The van der Waals surface area contributed by atoms with Crippen LogP contribution in [0.2, 0.25) is 0 Å². The second kappa shape index (κ2) is 39.2. The summed E-state index contributed by atoms with van der Waals surface area (Å²) in [5, 5.41) is 20.4. The van der Waals surface area contributed by atoms with Gasteiger partial charge in [0.1, 0.15) is 0 Å². The molecule has 0 atom stereocenters. The summed E-state index contributed by atoms with van der Waals surface area (Å²) in [6.45, 7) is 4.42. The summed E-state index contributed by atoms with van der Waals surface area (Å²) >= 11 is 0. The first-order valence-corrected chi connectivity index (χ1v) is 16.2. The predicted molar refractivity (Wildman–Crippen MR) is 160 cm³/mol. The fraction of sp³-hybridized carbons (Fsp3) is 0.824.